The molecule has 0 aromatic rings. The van der Waals surface area contributed by atoms with E-state index in [1.807, 2.05) is 7.05 Å². The smallest absolute Gasteiger partial charge is 0.0645 e. The molecule has 3 nitrogen and oxygen atoms in total. The van der Waals surface area contributed by atoms with Crippen LogP contribution in [0.25, 0.3) is 0 Å². The number of hydrogen-bond donors (Lipinski definition) is 2. The molecule has 2 N–H and O–H groups in total. The van der Waals surface area contributed by atoms with E-state index in [9.17, 15) is 5.11 Å². The van der Waals surface area contributed by atoms with Gasteiger partial charge in [-0.3, -0.25) is 0 Å². The van der Waals surface area contributed by atoms with Crippen LogP contribution in [0.5, 0.6) is 0 Å². The summed E-state index contributed by atoms with van der Waals surface area (Å²) in [6.45, 7) is 0.818. The highest BCUT2D eigenvalue weighted by atomic mass is 16.5. The fraction of sp³-hybridized carbons (Fsp3) is 1.00. The van der Waals surface area contributed by atoms with Gasteiger partial charge >= 0.3 is 0 Å². The lowest BCUT2D eigenvalue weighted by molar-refractivity contribution is 0.0802. The van der Waals surface area contributed by atoms with Crippen LogP contribution < -0.4 is 5.32 Å². The number of likely N-dealkylation sites (N-methyl/N-ethyl adjacent to an activating group) is 1. The minimum atomic E-state index is -0.124. The number of fused-ring (bicyclic) bond motifs is 1. The van der Waals surface area contributed by atoms with E-state index in [0.29, 0.717) is 18.1 Å². The van der Waals surface area contributed by atoms with Gasteiger partial charge in [0.15, 0.2) is 0 Å². The van der Waals surface area contributed by atoms with Crippen LogP contribution in [0.1, 0.15) is 12.8 Å². The van der Waals surface area contributed by atoms with Crippen molar-refractivity contribution in [3.63, 3.8) is 0 Å². The van der Waals surface area contributed by atoms with Crippen LogP contribution >= 0.6 is 0 Å². The monoisotopic (exact) mass is 157 g/mol. The summed E-state index contributed by atoms with van der Waals surface area (Å²) >= 11 is 0. The standard InChI is InChI=1S/C8H15NO2/c1-9-7-4-11-8-3-5(10)2-6(7)8/h5-10H,2-4H2,1H3/t5-,6-,7+,8-/m1/s1. The molecule has 0 aromatic heterocycles. The van der Waals surface area contributed by atoms with E-state index in [-0.39, 0.29) is 6.10 Å². The Morgan fingerprint density at radius 1 is 1.45 bits per heavy atom. The summed E-state index contributed by atoms with van der Waals surface area (Å²) in [7, 11) is 1.96. The number of aliphatic hydroxyl groups is 1. The van der Waals surface area contributed by atoms with E-state index in [4.69, 9.17) is 4.74 Å². The van der Waals surface area contributed by atoms with Crippen molar-refractivity contribution >= 4 is 0 Å². The lowest BCUT2D eigenvalue weighted by Crippen LogP contribution is -2.32. The second-order valence-electron chi connectivity index (χ2n) is 3.56. The van der Waals surface area contributed by atoms with E-state index in [1.54, 1.807) is 0 Å². The van der Waals surface area contributed by atoms with Crippen molar-refractivity contribution in [1.29, 1.82) is 0 Å². The molecule has 2 rings (SSSR count). The van der Waals surface area contributed by atoms with E-state index >= 15 is 0 Å². The highest BCUT2D eigenvalue weighted by Crippen LogP contribution is 2.35. The Balaban J connectivity index is 2.01. The first-order chi connectivity index (χ1) is 5.31. The van der Waals surface area contributed by atoms with Crippen LogP contribution in [0.4, 0.5) is 0 Å². The highest BCUT2D eigenvalue weighted by molar-refractivity contribution is 4.95. The lowest BCUT2D eigenvalue weighted by atomic mass is 10.00. The van der Waals surface area contributed by atoms with Crippen molar-refractivity contribution in [1.82, 2.24) is 5.32 Å². The van der Waals surface area contributed by atoms with Gasteiger partial charge in [-0.15, -0.1) is 0 Å². The van der Waals surface area contributed by atoms with Crippen molar-refractivity contribution in [2.24, 2.45) is 5.92 Å². The average molecular weight is 157 g/mol. The van der Waals surface area contributed by atoms with Crippen molar-refractivity contribution < 1.29 is 9.84 Å². The van der Waals surface area contributed by atoms with Crippen molar-refractivity contribution in [2.45, 2.75) is 31.1 Å². The van der Waals surface area contributed by atoms with Crippen LogP contribution in [0, 0.1) is 5.92 Å². The first-order valence-electron chi connectivity index (χ1n) is 4.28. The first-order valence-corrected chi connectivity index (χ1v) is 4.28. The predicted octanol–water partition coefficient (Wildman–Crippen LogP) is -0.256. The van der Waals surface area contributed by atoms with E-state index in [1.165, 1.54) is 0 Å². The van der Waals surface area contributed by atoms with Gasteiger partial charge in [0.2, 0.25) is 0 Å². The fourth-order valence-corrected chi connectivity index (χ4v) is 2.27. The maximum absolute atomic E-state index is 9.34. The number of nitrogens with one attached hydrogen (secondary N) is 1. The number of ether oxygens (including phenoxy) is 1. The predicted molar refractivity (Wildman–Crippen MR) is 41.3 cm³/mol. The Hall–Kier alpha value is -0.120. The summed E-state index contributed by atoms with van der Waals surface area (Å²) in [5.74, 6) is 0.551. The van der Waals surface area contributed by atoms with Crippen molar-refractivity contribution in [3.05, 3.63) is 0 Å². The van der Waals surface area contributed by atoms with Crippen LogP contribution in [0.3, 0.4) is 0 Å². The number of rotatable bonds is 1. The fourth-order valence-electron chi connectivity index (χ4n) is 2.27. The summed E-state index contributed by atoms with van der Waals surface area (Å²) < 4.78 is 5.53. The highest BCUT2D eigenvalue weighted by Gasteiger charge is 2.43. The quantitative estimate of drug-likeness (QED) is 0.551. The number of aliphatic hydroxyl groups excluding tert-OH is 1. The molecule has 1 aliphatic heterocycles. The summed E-state index contributed by atoms with van der Waals surface area (Å²) in [4.78, 5) is 0. The molecule has 1 saturated carbocycles. The molecule has 2 fully saturated rings. The molecular weight excluding hydrogens is 142 g/mol. The summed E-state index contributed by atoms with van der Waals surface area (Å²) in [5, 5.41) is 12.6. The van der Waals surface area contributed by atoms with Crippen LogP contribution in [0.15, 0.2) is 0 Å². The Kier molecular flexibility index (Phi) is 1.87. The van der Waals surface area contributed by atoms with Gasteiger partial charge in [-0.05, 0) is 19.9 Å². The van der Waals surface area contributed by atoms with Crippen LogP contribution in [0.2, 0.25) is 0 Å². The van der Waals surface area contributed by atoms with Gasteiger partial charge in [-0.2, -0.15) is 0 Å². The first kappa shape index (κ1) is 7.53. The minimum absolute atomic E-state index is 0.124. The topological polar surface area (TPSA) is 41.5 Å². The minimum Gasteiger partial charge on any atom is -0.393 e. The maximum Gasteiger partial charge on any atom is 0.0645 e. The molecule has 3 heteroatoms. The average Bonchev–Trinajstić information content (AvgIpc) is 2.45. The molecule has 2 aliphatic rings. The molecule has 0 aromatic carbocycles. The van der Waals surface area contributed by atoms with E-state index < -0.39 is 0 Å². The summed E-state index contributed by atoms with van der Waals surface area (Å²) in [6, 6.07) is 0.470. The zero-order chi connectivity index (χ0) is 7.84. The van der Waals surface area contributed by atoms with Gasteiger partial charge in [0.05, 0.1) is 18.8 Å². The second kappa shape index (κ2) is 2.73. The number of hydrogen-bond acceptors (Lipinski definition) is 3. The van der Waals surface area contributed by atoms with Crippen molar-refractivity contribution in [2.75, 3.05) is 13.7 Å². The van der Waals surface area contributed by atoms with Crippen molar-refractivity contribution in [3.8, 4) is 0 Å². The Labute approximate surface area is 66.7 Å². The lowest BCUT2D eigenvalue weighted by Gasteiger charge is -2.14. The Bertz CT molecular complexity index is 149. The molecule has 1 heterocycles. The maximum atomic E-state index is 9.34. The summed E-state index contributed by atoms with van der Waals surface area (Å²) in [5.41, 5.74) is 0. The Morgan fingerprint density at radius 2 is 2.27 bits per heavy atom. The third-order valence-corrected chi connectivity index (χ3v) is 2.90. The zero-order valence-corrected chi connectivity index (χ0v) is 6.79. The molecular formula is C8H15NO2. The second-order valence-corrected chi connectivity index (χ2v) is 3.56. The van der Waals surface area contributed by atoms with Gasteiger partial charge in [-0.25, -0.2) is 0 Å². The van der Waals surface area contributed by atoms with Gasteiger partial charge in [0.1, 0.15) is 0 Å². The van der Waals surface area contributed by atoms with Crippen LogP contribution in [-0.4, -0.2) is 37.0 Å². The molecule has 0 radical (unpaired) electrons. The third-order valence-electron chi connectivity index (χ3n) is 2.90. The summed E-state index contributed by atoms with van der Waals surface area (Å²) in [6.07, 6.45) is 1.95. The molecule has 0 unspecified atom stereocenters. The van der Waals surface area contributed by atoms with Crippen LogP contribution in [-0.2, 0) is 4.74 Å². The molecule has 11 heavy (non-hydrogen) atoms. The molecule has 0 bridgehead atoms. The van der Waals surface area contributed by atoms with E-state index in [0.717, 1.165) is 19.4 Å². The molecule has 0 amide bonds. The van der Waals surface area contributed by atoms with Gasteiger partial charge in [-0.1, -0.05) is 0 Å². The third kappa shape index (κ3) is 1.17. The SMILES string of the molecule is CN[C@H]1CO[C@@H]2C[C@H](O)C[C@H]12. The molecule has 1 aliphatic carbocycles. The Morgan fingerprint density at radius 3 is 3.00 bits per heavy atom. The molecule has 64 valence electrons. The molecule has 0 spiro atoms. The molecule has 1 saturated heterocycles. The van der Waals surface area contributed by atoms with Gasteiger partial charge < -0.3 is 15.2 Å². The molecule has 4 atom stereocenters. The van der Waals surface area contributed by atoms with E-state index in [2.05, 4.69) is 5.32 Å². The normalized spacial score (nSPS) is 49.6. The van der Waals surface area contributed by atoms with Gasteiger partial charge in [0.25, 0.3) is 0 Å². The van der Waals surface area contributed by atoms with Gasteiger partial charge in [0, 0.05) is 12.0 Å². The zero-order valence-electron chi connectivity index (χ0n) is 6.79. The largest absolute Gasteiger partial charge is 0.393 e.